The average molecular weight is 464 g/mol. The van der Waals surface area contributed by atoms with Crippen molar-refractivity contribution in [2.24, 2.45) is 0 Å². The third-order valence-corrected chi connectivity index (χ3v) is 7.52. The van der Waals surface area contributed by atoms with Gasteiger partial charge in [-0.15, -0.1) is 0 Å². The van der Waals surface area contributed by atoms with Crippen LogP contribution >= 0.6 is 0 Å². The van der Waals surface area contributed by atoms with Gasteiger partial charge in [-0.2, -0.15) is 0 Å². The fraction of sp³-hybridized carbons (Fsp3) is 0.970. The molecule has 0 fully saturated rings. The Kier molecular flexibility index (Phi) is 32.0. The molecule has 0 amide bonds. The van der Waals surface area contributed by atoms with E-state index in [1.54, 1.807) is 0 Å². The summed E-state index contributed by atoms with van der Waals surface area (Å²) in [5.41, 5.74) is 0. The van der Waals surface area contributed by atoms with E-state index >= 15 is 0 Å². The molecule has 0 heterocycles. The lowest BCUT2D eigenvalue weighted by Gasteiger charge is -2.04. The van der Waals surface area contributed by atoms with E-state index < -0.39 is 0 Å². The molecular weight excluding hydrogens is 396 g/mol. The van der Waals surface area contributed by atoms with Gasteiger partial charge in [-0.25, -0.2) is 0 Å². The minimum absolute atomic E-state index is 1.37. The van der Waals surface area contributed by atoms with E-state index in [1.807, 2.05) is 0 Å². The standard InChI is InChI=1S/C33H67/c1-3-5-7-9-11-13-15-17-19-21-23-25-27-29-31-33-32-30-28-26-24-22-20-18-16-14-12-10-8-6-4-2/h27H,3-26,28-33H2,1-2H3. The van der Waals surface area contributed by atoms with Crippen LogP contribution in [0.2, 0.25) is 0 Å². The Labute approximate surface area is 212 Å². The zero-order chi connectivity index (χ0) is 23.9. The molecule has 0 aliphatic carbocycles. The van der Waals surface area contributed by atoms with Crippen molar-refractivity contribution in [1.29, 1.82) is 0 Å². The van der Waals surface area contributed by atoms with Crippen LogP contribution in [-0.4, -0.2) is 0 Å². The van der Waals surface area contributed by atoms with Crippen LogP contribution in [0.3, 0.4) is 0 Å². The summed E-state index contributed by atoms with van der Waals surface area (Å²) in [5.74, 6) is 0. The third kappa shape index (κ3) is 32.0. The maximum atomic E-state index is 2.58. The molecule has 0 aromatic carbocycles. The van der Waals surface area contributed by atoms with Crippen LogP contribution in [0.15, 0.2) is 0 Å². The topological polar surface area (TPSA) is 0 Å². The van der Waals surface area contributed by atoms with Crippen molar-refractivity contribution >= 4 is 0 Å². The predicted octanol–water partition coefficient (Wildman–Crippen LogP) is 12.9. The Morgan fingerprint density at radius 1 is 0.242 bits per heavy atom. The van der Waals surface area contributed by atoms with Crippen LogP contribution in [0.25, 0.3) is 0 Å². The van der Waals surface area contributed by atoms with Gasteiger partial charge in [0.1, 0.15) is 0 Å². The van der Waals surface area contributed by atoms with Gasteiger partial charge in [0.25, 0.3) is 0 Å². The van der Waals surface area contributed by atoms with E-state index in [1.165, 1.54) is 193 Å². The molecule has 0 aliphatic heterocycles. The molecule has 0 saturated heterocycles. The Balaban J connectivity index is 2.99. The third-order valence-electron chi connectivity index (χ3n) is 7.52. The lowest BCUT2D eigenvalue weighted by atomic mass is 10.0. The normalized spacial score (nSPS) is 11.5. The van der Waals surface area contributed by atoms with E-state index in [0.717, 1.165) is 0 Å². The monoisotopic (exact) mass is 464 g/mol. The minimum atomic E-state index is 1.37. The lowest BCUT2D eigenvalue weighted by molar-refractivity contribution is 0.525. The van der Waals surface area contributed by atoms with Gasteiger partial charge >= 0.3 is 0 Å². The van der Waals surface area contributed by atoms with Crippen molar-refractivity contribution in [2.45, 2.75) is 206 Å². The van der Waals surface area contributed by atoms with Gasteiger partial charge in [-0.05, 0) is 6.42 Å². The second kappa shape index (κ2) is 32.0. The van der Waals surface area contributed by atoms with E-state index in [-0.39, 0.29) is 0 Å². The molecule has 0 aromatic rings. The van der Waals surface area contributed by atoms with Crippen molar-refractivity contribution in [3.8, 4) is 0 Å². The van der Waals surface area contributed by atoms with Crippen LogP contribution in [0, 0.1) is 6.42 Å². The van der Waals surface area contributed by atoms with Crippen LogP contribution < -0.4 is 0 Å². The molecule has 0 nitrogen and oxygen atoms in total. The largest absolute Gasteiger partial charge is 0.0654 e. The molecule has 0 spiro atoms. The molecule has 199 valence electrons. The Morgan fingerprint density at radius 2 is 0.424 bits per heavy atom. The maximum Gasteiger partial charge on any atom is -0.0386 e. The molecule has 0 atom stereocenters. The second-order valence-electron chi connectivity index (χ2n) is 11.1. The molecule has 1 radical (unpaired) electrons. The zero-order valence-corrected chi connectivity index (χ0v) is 23.8. The maximum absolute atomic E-state index is 2.58. The second-order valence-corrected chi connectivity index (χ2v) is 11.1. The molecule has 0 unspecified atom stereocenters. The first-order chi connectivity index (χ1) is 16.4. The van der Waals surface area contributed by atoms with Gasteiger partial charge in [0.2, 0.25) is 0 Å². The van der Waals surface area contributed by atoms with Crippen molar-refractivity contribution in [3.05, 3.63) is 6.42 Å². The smallest absolute Gasteiger partial charge is 0.0386 e. The quantitative estimate of drug-likeness (QED) is 0.0929. The summed E-state index contributed by atoms with van der Waals surface area (Å²) in [6.45, 7) is 4.61. The number of unbranched alkanes of at least 4 members (excludes halogenated alkanes) is 30. The Bertz CT molecular complexity index is 277. The van der Waals surface area contributed by atoms with E-state index in [0.29, 0.717) is 0 Å². The fourth-order valence-electron chi connectivity index (χ4n) is 5.11. The molecular formula is C33H67. The first-order valence-corrected chi connectivity index (χ1v) is 16.2. The molecule has 0 heteroatoms. The first-order valence-electron chi connectivity index (χ1n) is 16.2. The molecule has 0 rings (SSSR count). The van der Waals surface area contributed by atoms with E-state index in [2.05, 4.69) is 20.3 Å². The molecule has 0 saturated carbocycles. The molecule has 33 heavy (non-hydrogen) atoms. The van der Waals surface area contributed by atoms with Crippen LogP contribution in [-0.2, 0) is 0 Å². The van der Waals surface area contributed by atoms with Gasteiger partial charge in [0.15, 0.2) is 0 Å². The van der Waals surface area contributed by atoms with E-state index in [4.69, 9.17) is 0 Å². The van der Waals surface area contributed by atoms with Crippen molar-refractivity contribution in [2.75, 3.05) is 0 Å². The molecule has 0 aromatic heterocycles. The summed E-state index contributed by atoms with van der Waals surface area (Å²) in [7, 11) is 0. The summed E-state index contributed by atoms with van der Waals surface area (Å²) in [6.07, 6.45) is 46.4. The SMILES string of the molecule is CCCCCCCCCCCCC[CH]CCCCCCCCCCCCCCCCCCC. The van der Waals surface area contributed by atoms with Gasteiger partial charge in [0, 0.05) is 0 Å². The fourth-order valence-corrected chi connectivity index (χ4v) is 5.11. The summed E-state index contributed by atoms with van der Waals surface area (Å²) in [6, 6.07) is 0. The number of hydrogen-bond acceptors (Lipinski definition) is 0. The Hall–Kier alpha value is 0. The zero-order valence-electron chi connectivity index (χ0n) is 23.8. The first kappa shape index (κ1) is 33.0. The molecule has 0 aliphatic rings. The van der Waals surface area contributed by atoms with E-state index in [9.17, 15) is 0 Å². The van der Waals surface area contributed by atoms with Gasteiger partial charge in [0.05, 0.1) is 0 Å². The number of hydrogen-bond donors (Lipinski definition) is 0. The highest BCUT2D eigenvalue weighted by Crippen LogP contribution is 2.16. The van der Waals surface area contributed by atoms with Gasteiger partial charge in [-0.3, -0.25) is 0 Å². The Morgan fingerprint density at radius 3 is 0.636 bits per heavy atom. The van der Waals surface area contributed by atoms with Gasteiger partial charge < -0.3 is 0 Å². The predicted molar refractivity (Wildman–Crippen MR) is 154 cm³/mol. The highest BCUT2D eigenvalue weighted by atomic mass is 14.0. The van der Waals surface area contributed by atoms with Crippen molar-refractivity contribution in [1.82, 2.24) is 0 Å². The average Bonchev–Trinajstić information content (AvgIpc) is 2.83. The summed E-state index contributed by atoms with van der Waals surface area (Å²) in [4.78, 5) is 0. The molecule has 0 bridgehead atoms. The van der Waals surface area contributed by atoms with Crippen molar-refractivity contribution in [3.63, 3.8) is 0 Å². The van der Waals surface area contributed by atoms with Crippen molar-refractivity contribution < 1.29 is 0 Å². The van der Waals surface area contributed by atoms with Gasteiger partial charge in [-0.1, -0.05) is 206 Å². The highest BCUT2D eigenvalue weighted by Gasteiger charge is 1.96. The summed E-state index contributed by atoms with van der Waals surface area (Å²) in [5, 5.41) is 0. The summed E-state index contributed by atoms with van der Waals surface area (Å²) < 4.78 is 0. The van der Waals surface area contributed by atoms with Crippen LogP contribution in [0.1, 0.15) is 206 Å². The number of rotatable bonds is 30. The minimum Gasteiger partial charge on any atom is -0.0654 e. The highest BCUT2D eigenvalue weighted by molar-refractivity contribution is 4.64. The lowest BCUT2D eigenvalue weighted by Crippen LogP contribution is -1.85. The van der Waals surface area contributed by atoms with Crippen LogP contribution in [0.4, 0.5) is 0 Å². The molecule has 0 N–H and O–H groups in total. The van der Waals surface area contributed by atoms with Crippen LogP contribution in [0.5, 0.6) is 0 Å². The summed E-state index contributed by atoms with van der Waals surface area (Å²) >= 11 is 0.